The van der Waals surface area contributed by atoms with E-state index >= 15 is 0 Å². The second kappa shape index (κ2) is 6.62. The number of ether oxygens (including phenoxy) is 1. The van der Waals surface area contributed by atoms with Crippen molar-refractivity contribution in [1.29, 1.82) is 0 Å². The zero-order chi connectivity index (χ0) is 12.0. The van der Waals surface area contributed by atoms with Gasteiger partial charge in [-0.3, -0.25) is 16.0 Å². The van der Waals surface area contributed by atoms with Gasteiger partial charge >= 0.3 is 0 Å². The van der Waals surface area contributed by atoms with Gasteiger partial charge in [0.25, 0.3) is 0 Å². The molecule has 0 aliphatic heterocycles. The summed E-state index contributed by atoms with van der Waals surface area (Å²) in [5.74, 6) is 5.61. The van der Waals surface area contributed by atoms with Crippen molar-refractivity contribution in [3.05, 3.63) is 18.0 Å². The highest BCUT2D eigenvalue weighted by Crippen LogP contribution is 2.21. The van der Waals surface area contributed by atoms with Crippen LogP contribution in [0.1, 0.15) is 38.3 Å². The molecule has 0 bridgehead atoms. The lowest BCUT2D eigenvalue weighted by atomic mass is 10.0. The standard InChI is InChI=1S/C11H22N4O/c1-4-6-10(16-5-2)11(14-12)9-7-13-15(3)8-9/h7-8,10-11,14H,4-6,12H2,1-3H3. The van der Waals surface area contributed by atoms with Gasteiger partial charge in [-0.2, -0.15) is 5.10 Å². The second-order valence-corrected chi connectivity index (χ2v) is 3.87. The molecule has 1 heterocycles. The Kier molecular flexibility index (Phi) is 5.45. The molecule has 0 fully saturated rings. The zero-order valence-corrected chi connectivity index (χ0v) is 10.3. The molecule has 2 atom stereocenters. The van der Waals surface area contributed by atoms with Crippen LogP contribution in [0.25, 0.3) is 0 Å². The fourth-order valence-corrected chi connectivity index (χ4v) is 1.86. The van der Waals surface area contributed by atoms with Gasteiger partial charge in [-0.05, 0) is 13.3 Å². The summed E-state index contributed by atoms with van der Waals surface area (Å²) in [6.45, 7) is 4.84. The van der Waals surface area contributed by atoms with E-state index in [-0.39, 0.29) is 12.1 Å². The first-order valence-corrected chi connectivity index (χ1v) is 5.79. The average molecular weight is 226 g/mol. The van der Waals surface area contributed by atoms with Crippen molar-refractivity contribution in [1.82, 2.24) is 15.2 Å². The molecule has 0 aliphatic carbocycles. The third kappa shape index (κ3) is 3.30. The number of hydrogen-bond donors (Lipinski definition) is 2. The lowest BCUT2D eigenvalue weighted by Crippen LogP contribution is -2.38. The Morgan fingerprint density at radius 1 is 1.56 bits per heavy atom. The van der Waals surface area contributed by atoms with E-state index in [1.54, 1.807) is 4.68 Å². The molecule has 0 aromatic carbocycles. The normalized spacial score (nSPS) is 15.0. The number of nitrogens with two attached hydrogens (primary N) is 1. The van der Waals surface area contributed by atoms with Gasteiger partial charge in [0.05, 0.1) is 18.3 Å². The van der Waals surface area contributed by atoms with Crippen LogP contribution >= 0.6 is 0 Å². The average Bonchev–Trinajstić information content (AvgIpc) is 2.67. The first-order chi connectivity index (χ1) is 7.72. The quantitative estimate of drug-likeness (QED) is 0.540. The smallest absolute Gasteiger partial charge is 0.0783 e. The maximum absolute atomic E-state index is 5.72. The Labute approximate surface area is 96.9 Å². The van der Waals surface area contributed by atoms with Gasteiger partial charge < -0.3 is 4.74 Å². The SMILES string of the molecule is CCCC(OCC)C(NN)c1cnn(C)c1. The van der Waals surface area contributed by atoms with Crippen molar-refractivity contribution < 1.29 is 4.74 Å². The number of nitrogens with one attached hydrogen (secondary N) is 1. The highest BCUT2D eigenvalue weighted by Gasteiger charge is 2.22. The number of rotatable bonds is 7. The van der Waals surface area contributed by atoms with Crippen LogP contribution in [0.15, 0.2) is 12.4 Å². The van der Waals surface area contributed by atoms with Crippen LogP contribution in [-0.2, 0) is 11.8 Å². The molecule has 1 aromatic rings. The number of nitrogens with zero attached hydrogens (tertiary/aromatic N) is 2. The Balaban J connectivity index is 2.76. The predicted molar refractivity (Wildman–Crippen MR) is 63.6 cm³/mol. The molecule has 1 rings (SSSR count). The minimum atomic E-state index is 0.00796. The van der Waals surface area contributed by atoms with Gasteiger partial charge in [-0.15, -0.1) is 0 Å². The van der Waals surface area contributed by atoms with Gasteiger partial charge in [0.2, 0.25) is 0 Å². The van der Waals surface area contributed by atoms with Gasteiger partial charge in [-0.1, -0.05) is 13.3 Å². The number of hydrogen-bond acceptors (Lipinski definition) is 4. The minimum Gasteiger partial charge on any atom is -0.376 e. The van der Waals surface area contributed by atoms with Crippen molar-refractivity contribution in [3.8, 4) is 0 Å². The van der Waals surface area contributed by atoms with Crippen LogP contribution in [0, 0.1) is 0 Å². The maximum atomic E-state index is 5.72. The Hall–Kier alpha value is -0.910. The van der Waals surface area contributed by atoms with Crippen molar-refractivity contribution in [2.75, 3.05) is 6.61 Å². The molecular weight excluding hydrogens is 204 g/mol. The highest BCUT2D eigenvalue weighted by molar-refractivity contribution is 5.12. The van der Waals surface area contributed by atoms with Crippen molar-refractivity contribution >= 4 is 0 Å². The van der Waals surface area contributed by atoms with Crippen molar-refractivity contribution in [2.45, 2.75) is 38.8 Å². The Morgan fingerprint density at radius 2 is 2.31 bits per heavy atom. The van der Waals surface area contributed by atoms with E-state index < -0.39 is 0 Å². The van der Waals surface area contributed by atoms with E-state index in [9.17, 15) is 0 Å². The fraction of sp³-hybridized carbons (Fsp3) is 0.727. The molecule has 0 radical (unpaired) electrons. The van der Waals surface area contributed by atoms with Crippen LogP contribution in [0.5, 0.6) is 0 Å². The molecule has 5 heteroatoms. The number of aromatic nitrogens is 2. The molecule has 3 N–H and O–H groups in total. The van der Waals surface area contributed by atoms with Crippen molar-refractivity contribution in [3.63, 3.8) is 0 Å². The monoisotopic (exact) mass is 226 g/mol. The molecule has 0 aliphatic rings. The zero-order valence-electron chi connectivity index (χ0n) is 10.3. The highest BCUT2D eigenvalue weighted by atomic mass is 16.5. The lowest BCUT2D eigenvalue weighted by Gasteiger charge is -2.25. The van der Waals surface area contributed by atoms with Crippen LogP contribution in [0.2, 0.25) is 0 Å². The molecule has 0 amide bonds. The predicted octanol–water partition coefficient (Wildman–Crippen LogP) is 1.13. The molecule has 0 saturated heterocycles. The molecule has 2 unspecified atom stereocenters. The third-order valence-corrected chi connectivity index (χ3v) is 2.59. The summed E-state index contributed by atoms with van der Waals surface area (Å²) in [7, 11) is 1.90. The first kappa shape index (κ1) is 13.2. The molecule has 1 aromatic heterocycles. The summed E-state index contributed by atoms with van der Waals surface area (Å²) < 4.78 is 7.49. The molecule has 16 heavy (non-hydrogen) atoms. The number of aryl methyl sites for hydroxylation is 1. The number of hydrazine groups is 1. The Bertz CT molecular complexity index is 294. The summed E-state index contributed by atoms with van der Waals surface area (Å²) in [6.07, 6.45) is 5.95. The van der Waals surface area contributed by atoms with Crippen molar-refractivity contribution in [2.24, 2.45) is 12.9 Å². The van der Waals surface area contributed by atoms with E-state index in [0.717, 1.165) is 18.4 Å². The van der Waals surface area contributed by atoms with E-state index in [1.165, 1.54) is 0 Å². The summed E-state index contributed by atoms with van der Waals surface area (Å²) >= 11 is 0. The minimum absolute atomic E-state index is 0.00796. The van der Waals surface area contributed by atoms with E-state index in [4.69, 9.17) is 10.6 Å². The van der Waals surface area contributed by atoms with Gasteiger partial charge in [-0.25, -0.2) is 0 Å². The van der Waals surface area contributed by atoms with E-state index in [0.29, 0.717) is 6.61 Å². The van der Waals surface area contributed by atoms with Crippen LogP contribution in [0.4, 0.5) is 0 Å². The fourth-order valence-electron chi connectivity index (χ4n) is 1.86. The van der Waals surface area contributed by atoms with Gasteiger partial charge in [0.1, 0.15) is 0 Å². The maximum Gasteiger partial charge on any atom is 0.0783 e. The van der Waals surface area contributed by atoms with Crippen LogP contribution in [-0.4, -0.2) is 22.5 Å². The third-order valence-electron chi connectivity index (χ3n) is 2.59. The van der Waals surface area contributed by atoms with Crippen LogP contribution in [0.3, 0.4) is 0 Å². The van der Waals surface area contributed by atoms with Gasteiger partial charge in [0.15, 0.2) is 0 Å². The summed E-state index contributed by atoms with van der Waals surface area (Å²) in [5, 5.41) is 4.15. The van der Waals surface area contributed by atoms with E-state index in [1.807, 2.05) is 26.4 Å². The molecule has 5 nitrogen and oxygen atoms in total. The second-order valence-electron chi connectivity index (χ2n) is 3.87. The topological polar surface area (TPSA) is 65.1 Å². The summed E-state index contributed by atoms with van der Waals surface area (Å²) in [6, 6.07) is 0.00796. The lowest BCUT2D eigenvalue weighted by molar-refractivity contribution is 0.0276. The molecule has 0 saturated carbocycles. The molecular formula is C11H22N4O. The molecule has 0 spiro atoms. The molecule has 92 valence electrons. The Morgan fingerprint density at radius 3 is 2.75 bits per heavy atom. The summed E-state index contributed by atoms with van der Waals surface area (Å²) in [5.41, 5.74) is 3.89. The van der Waals surface area contributed by atoms with Crippen LogP contribution < -0.4 is 11.3 Å². The van der Waals surface area contributed by atoms with E-state index in [2.05, 4.69) is 17.4 Å². The van der Waals surface area contributed by atoms with Gasteiger partial charge in [0, 0.05) is 25.4 Å². The first-order valence-electron chi connectivity index (χ1n) is 5.79. The largest absolute Gasteiger partial charge is 0.376 e. The summed E-state index contributed by atoms with van der Waals surface area (Å²) in [4.78, 5) is 0.